The van der Waals surface area contributed by atoms with Gasteiger partial charge in [0.25, 0.3) is 0 Å². The van der Waals surface area contributed by atoms with E-state index < -0.39 is 5.41 Å². The van der Waals surface area contributed by atoms with Gasteiger partial charge in [0, 0.05) is 6.04 Å². The summed E-state index contributed by atoms with van der Waals surface area (Å²) in [5.74, 6) is 0.635. The van der Waals surface area contributed by atoms with Crippen molar-refractivity contribution in [2.24, 2.45) is 16.6 Å². The van der Waals surface area contributed by atoms with Crippen LogP contribution in [0.2, 0.25) is 0 Å². The molecule has 0 aliphatic heterocycles. The minimum Gasteiger partial charge on any atom is -0.497 e. The summed E-state index contributed by atoms with van der Waals surface area (Å²) in [5, 5.41) is 0. The van der Waals surface area contributed by atoms with Crippen LogP contribution in [0, 0.1) is 10.8 Å². The maximum Gasteiger partial charge on any atom is 0.312 e. The Morgan fingerprint density at radius 3 is 2.38 bits per heavy atom. The second kappa shape index (κ2) is 5.68. The topological polar surface area (TPSA) is 61.5 Å². The van der Waals surface area contributed by atoms with E-state index in [0.29, 0.717) is 0 Å². The maximum absolute atomic E-state index is 12.5. The Bertz CT molecular complexity index is 509. The molecule has 0 amide bonds. The molecule has 0 unspecified atom stereocenters. The molecule has 4 heteroatoms. The molecule has 1 aliphatic carbocycles. The summed E-state index contributed by atoms with van der Waals surface area (Å²) in [6.45, 7) is 6.36. The molecule has 1 aromatic carbocycles. The summed E-state index contributed by atoms with van der Waals surface area (Å²) in [7, 11) is 1.63. The summed E-state index contributed by atoms with van der Waals surface area (Å²) >= 11 is 0. The first-order valence-corrected chi connectivity index (χ1v) is 7.37. The van der Waals surface area contributed by atoms with Crippen LogP contribution < -0.4 is 10.5 Å². The summed E-state index contributed by atoms with van der Waals surface area (Å²) in [6.07, 6.45) is 1.64. The van der Waals surface area contributed by atoms with Crippen LogP contribution in [0.5, 0.6) is 5.75 Å². The lowest BCUT2D eigenvalue weighted by Crippen LogP contribution is -2.46. The number of nitrogens with two attached hydrogens (primary N) is 1. The van der Waals surface area contributed by atoms with Crippen LogP contribution in [0.3, 0.4) is 0 Å². The zero-order valence-corrected chi connectivity index (χ0v) is 13.3. The molecule has 2 rings (SSSR count). The molecule has 1 aliphatic rings. The van der Waals surface area contributed by atoms with Crippen molar-refractivity contribution in [3.05, 3.63) is 29.8 Å². The number of benzene rings is 1. The van der Waals surface area contributed by atoms with Gasteiger partial charge in [0.15, 0.2) is 0 Å². The highest BCUT2D eigenvalue weighted by molar-refractivity contribution is 5.78. The van der Waals surface area contributed by atoms with Gasteiger partial charge in [0.1, 0.15) is 12.4 Å². The summed E-state index contributed by atoms with van der Waals surface area (Å²) < 4.78 is 10.6. The highest BCUT2D eigenvalue weighted by atomic mass is 16.5. The van der Waals surface area contributed by atoms with E-state index in [-0.39, 0.29) is 24.0 Å². The van der Waals surface area contributed by atoms with E-state index in [4.69, 9.17) is 15.2 Å². The molecular weight excluding hydrogens is 266 g/mol. The van der Waals surface area contributed by atoms with Crippen molar-refractivity contribution in [1.29, 1.82) is 0 Å². The normalized spacial score (nSPS) is 27.4. The predicted octanol–water partition coefficient (Wildman–Crippen LogP) is 2.89. The average molecular weight is 291 g/mol. The van der Waals surface area contributed by atoms with Crippen molar-refractivity contribution in [2.45, 2.75) is 46.3 Å². The van der Waals surface area contributed by atoms with Crippen molar-refractivity contribution in [1.82, 2.24) is 0 Å². The Balaban J connectivity index is 2.01. The lowest BCUT2D eigenvalue weighted by Gasteiger charge is -2.38. The molecule has 2 N–H and O–H groups in total. The van der Waals surface area contributed by atoms with Crippen molar-refractivity contribution in [3.8, 4) is 5.75 Å². The number of ether oxygens (including phenoxy) is 2. The van der Waals surface area contributed by atoms with Crippen molar-refractivity contribution in [2.75, 3.05) is 7.11 Å². The van der Waals surface area contributed by atoms with E-state index >= 15 is 0 Å². The molecule has 0 heterocycles. The quantitative estimate of drug-likeness (QED) is 0.866. The molecule has 4 nitrogen and oxygen atoms in total. The van der Waals surface area contributed by atoms with Gasteiger partial charge >= 0.3 is 5.97 Å². The number of rotatable bonds is 4. The van der Waals surface area contributed by atoms with Gasteiger partial charge in [-0.1, -0.05) is 26.0 Å². The zero-order valence-electron chi connectivity index (χ0n) is 13.3. The lowest BCUT2D eigenvalue weighted by molar-refractivity contribution is -0.162. The van der Waals surface area contributed by atoms with Gasteiger partial charge in [-0.3, -0.25) is 4.79 Å². The predicted molar refractivity (Wildman–Crippen MR) is 81.9 cm³/mol. The lowest BCUT2D eigenvalue weighted by atomic mass is 9.68. The number of carbonyl (C=O) groups is 1. The van der Waals surface area contributed by atoms with Crippen LogP contribution in [0.1, 0.15) is 39.2 Å². The van der Waals surface area contributed by atoms with E-state index in [1.54, 1.807) is 7.11 Å². The SMILES string of the molecule is COc1ccc(COC(=O)[C@@]2(C)CC[C@@H](N)C2(C)C)cc1. The first kappa shape index (κ1) is 15.8. The molecule has 1 fully saturated rings. The zero-order chi connectivity index (χ0) is 15.7. The molecule has 116 valence electrons. The summed E-state index contributed by atoms with van der Waals surface area (Å²) in [4.78, 5) is 12.5. The number of methoxy groups -OCH3 is 1. The Hall–Kier alpha value is -1.55. The van der Waals surface area contributed by atoms with Gasteiger partial charge in [-0.15, -0.1) is 0 Å². The van der Waals surface area contributed by atoms with Crippen LogP contribution >= 0.6 is 0 Å². The van der Waals surface area contributed by atoms with E-state index in [9.17, 15) is 4.79 Å². The number of esters is 1. The van der Waals surface area contributed by atoms with Crippen LogP contribution in [-0.2, 0) is 16.1 Å². The first-order valence-electron chi connectivity index (χ1n) is 7.37. The average Bonchev–Trinajstić information content (AvgIpc) is 2.69. The van der Waals surface area contributed by atoms with E-state index in [1.807, 2.05) is 31.2 Å². The molecule has 1 aromatic rings. The Morgan fingerprint density at radius 2 is 1.90 bits per heavy atom. The van der Waals surface area contributed by atoms with Gasteiger partial charge < -0.3 is 15.2 Å². The standard InChI is InChI=1S/C17H25NO3/c1-16(2)14(18)9-10-17(16,3)15(19)21-11-12-5-7-13(20-4)8-6-12/h5-8,14H,9-11,18H2,1-4H3/t14-,17-/m1/s1. The van der Waals surface area contributed by atoms with Gasteiger partial charge in [0.2, 0.25) is 0 Å². The van der Waals surface area contributed by atoms with Gasteiger partial charge in [-0.2, -0.15) is 0 Å². The number of carbonyl (C=O) groups excluding carboxylic acids is 1. The number of hydrogen-bond acceptors (Lipinski definition) is 4. The third-order valence-electron chi connectivity index (χ3n) is 5.28. The fraction of sp³-hybridized carbons (Fsp3) is 0.588. The van der Waals surface area contributed by atoms with E-state index in [1.165, 1.54) is 0 Å². The minimum absolute atomic E-state index is 0.0380. The highest BCUT2D eigenvalue weighted by Gasteiger charge is 2.55. The molecule has 0 aromatic heterocycles. The summed E-state index contributed by atoms with van der Waals surface area (Å²) in [5.41, 5.74) is 6.33. The second-order valence-corrected chi connectivity index (χ2v) is 6.62. The molecular formula is C17H25NO3. The Kier molecular flexibility index (Phi) is 4.28. The van der Waals surface area contributed by atoms with Crippen LogP contribution in [0.25, 0.3) is 0 Å². The third-order valence-corrected chi connectivity index (χ3v) is 5.28. The van der Waals surface area contributed by atoms with E-state index in [2.05, 4.69) is 13.8 Å². The van der Waals surface area contributed by atoms with Crippen LogP contribution in [0.4, 0.5) is 0 Å². The van der Waals surface area contributed by atoms with Crippen LogP contribution in [0.15, 0.2) is 24.3 Å². The summed E-state index contributed by atoms with van der Waals surface area (Å²) in [6, 6.07) is 7.57. The Morgan fingerprint density at radius 1 is 1.29 bits per heavy atom. The highest BCUT2D eigenvalue weighted by Crippen LogP contribution is 2.52. The molecule has 21 heavy (non-hydrogen) atoms. The second-order valence-electron chi connectivity index (χ2n) is 6.62. The van der Waals surface area contributed by atoms with Crippen molar-refractivity contribution in [3.63, 3.8) is 0 Å². The molecule has 0 spiro atoms. The fourth-order valence-corrected chi connectivity index (χ4v) is 2.93. The smallest absolute Gasteiger partial charge is 0.312 e. The molecule has 0 bridgehead atoms. The third kappa shape index (κ3) is 2.77. The van der Waals surface area contributed by atoms with Gasteiger partial charge in [-0.25, -0.2) is 0 Å². The van der Waals surface area contributed by atoms with Crippen molar-refractivity contribution >= 4 is 5.97 Å². The first-order chi connectivity index (χ1) is 9.81. The molecule has 0 radical (unpaired) electrons. The minimum atomic E-state index is -0.515. The fourth-order valence-electron chi connectivity index (χ4n) is 2.93. The monoisotopic (exact) mass is 291 g/mol. The number of hydrogen-bond donors (Lipinski definition) is 1. The largest absolute Gasteiger partial charge is 0.497 e. The van der Waals surface area contributed by atoms with Gasteiger partial charge in [0.05, 0.1) is 12.5 Å². The molecule has 0 saturated heterocycles. The Labute approximate surface area is 126 Å². The van der Waals surface area contributed by atoms with Gasteiger partial charge in [-0.05, 0) is 42.9 Å². The molecule has 1 saturated carbocycles. The van der Waals surface area contributed by atoms with E-state index in [0.717, 1.165) is 24.2 Å². The maximum atomic E-state index is 12.5. The molecule has 2 atom stereocenters. The van der Waals surface area contributed by atoms with Crippen LogP contribution in [-0.4, -0.2) is 19.1 Å². The van der Waals surface area contributed by atoms with Crippen molar-refractivity contribution < 1.29 is 14.3 Å².